The first-order valence-corrected chi connectivity index (χ1v) is 8.42. The quantitative estimate of drug-likeness (QED) is 0.410. The number of guanidine groups is 1. The first-order valence-electron chi connectivity index (χ1n) is 8.42. The molecule has 1 aromatic heterocycles. The minimum atomic E-state index is 0. The maximum Gasteiger partial charge on any atom is 0.191 e. The monoisotopic (exact) mass is 433 g/mol. The van der Waals surface area contributed by atoms with Crippen molar-refractivity contribution in [2.24, 2.45) is 10.9 Å². The van der Waals surface area contributed by atoms with Crippen LogP contribution in [-0.4, -0.2) is 47.1 Å². The maximum absolute atomic E-state index is 5.90. The molecule has 2 fully saturated rings. The molecule has 7 heteroatoms. The minimum absolute atomic E-state index is 0. The standard InChI is InChI=1S/C16H27N5O.HI/c1-3-17-16(20-14-9-13-5-6-15(14)22-13)18-10-12(2)11-21-8-4-7-19-21;/h4,7-8,12-15H,3,5-6,9-11H2,1-2H3,(H2,17,18,20);1H. The van der Waals surface area contributed by atoms with Crippen molar-refractivity contribution in [1.29, 1.82) is 0 Å². The van der Waals surface area contributed by atoms with E-state index in [1.807, 2.05) is 23.1 Å². The highest BCUT2D eigenvalue weighted by Crippen LogP contribution is 2.34. The number of aliphatic imine (C=N–C) groups is 1. The molecule has 6 nitrogen and oxygen atoms in total. The Morgan fingerprint density at radius 1 is 1.48 bits per heavy atom. The lowest BCUT2D eigenvalue weighted by atomic mass is 9.96. The van der Waals surface area contributed by atoms with Crippen molar-refractivity contribution in [2.75, 3.05) is 13.1 Å². The van der Waals surface area contributed by atoms with Gasteiger partial charge in [-0.1, -0.05) is 6.92 Å². The second-order valence-corrected chi connectivity index (χ2v) is 6.41. The van der Waals surface area contributed by atoms with Gasteiger partial charge in [0.05, 0.1) is 18.2 Å². The molecule has 0 aliphatic carbocycles. The van der Waals surface area contributed by atoms with Gasteiger partial charge >= 0.3 is 0 Å². The highest BCUT2D eigenvalue weighted by molar-refractivity contribution is 14.0. The van der Waals surface area contributed by atoms with E-state index in [1.165, 1.54) is 12.8 Å². The molecule has 0 spiro atoms. The van der Waals surface area contributed by atoms with E-state index < -0.39 is 0 Å². The molecule has 130 valence electrons. The number of halogens is 1. The van der Waals surface area contributed by atoms with Crippen molar-refractivity contribution in [3.63, 3.8) is 0 Å². The predicted molar refractivity (Wildman–Crippen MR) is 102 cm³/mol. The van der Waals surface area contributed by atoms with E-state index in [0.29, 0.717) is 24.2 Å². The lowest BCUT2D eigenvalue weighted by Crippen LogP contribution is -2.47. The van der Waals surface area contributed by atoms with Crippen LogP contribution in [0.25, 0.3) is 0 Å². The molecule has 0 amide bonds. The van der Waals surface area contributed by atoms with Gasteiger partial charge in [-0.15, -0.1) is 24.0 Å². The molecule has 2 aliphatic rings. The zero-order chi connectivity index (χ0) is 15.4. The Balaban J connectivity index is 0.00000192. The summed E-state index contributed by atoms with van der Waals surface area (Å²) in [5.41, 5.74) is 0. The van der Waals surface area contributed by atoms with Gasteiger partial charge in [-0.2, -0.15) is 5.10 Å². The van der Waals surface area contributed by atoms with Gasteiger partial charge in [0.2, 0.25) is 0 Å². The molecule has 3 rings (SSSR count). The third kappa shape index (κ3) is 5.07. The van der Waals surface area contributed by atoms with Crippen LogP contribution in [0.3, 0.4) is 0 Å². The number of aromatic nitrogens is 2. The molecule has 1 aromatic rings. The summed E-state index contributed by atoms with van der Waals surface area (Å²) in [6, 6.07) is 2.37. The minimum Gasteiger partial charge on any atom is -0.373 e. The van der Waals surface area contributed by atoms with Gasteiger partial charge in [-0.25, -0.2) is 0 Å². The van der Waals surface area contributed by atoms with E-state index in [2.05, 4.69) is 29.6 Å². The van der Waals surface area contributed by atoms with E-state index in [4.69, 9.17) is 9.73 Å². The molecule has 0 aromatic carbocycles. The summed E-state index contributed by atoms with van der Waals surface area (Å²) in [6.45, 7) is 6.86. The molecule has 4 unspecified atom stereocenters. The Bertz CT molecular complexity index is 493. The molecule has 2 aliphatic heterocycles. The third-order valence-corrected chi connectivity index (χ3v) is 4.39. The topological polar surface area (TPSA) is 63.5 Å². The third-order valence-electron chi connectivity index (χ3n) is 4.39. The van der Waals surface area contributed by atoms with Crippen LogP contribution >= 0.6 is 24.0 Å². The summed E-state index contributed by atoms with van der Waals surface area (Å²) in [6.07, 6.45) is 8.15. The lowest BCUT2D eigenvalue weighted by molar-refractivity contribution is 0.0992. The summed E-state index contributed by atoms with van der Waals surface area (Å²) in [4.78, 5) is 4.74. The van der Waals surface area contributed by atoms with Crippen molar-refractivity contribution in [3.8, 4) is 0 Å². The largest absolute Gasteiger partial charge is 0.373 e. The van der Waals surface area contributed by atoms with E-state index in [1.54, 1.807) is 0 Å². The van der Waals surface area contributed by atoms with Gasteiger partial charge in [-0.3, -0.25) is 9.67 Å². The van der Waals surface area contributed by atoms with Crippen LogP contribution in [0.15, 0.2) is 23.5 Å². The predicted octanol–water partition coefficient (Wildman–Crippen LogP) is 2.01. The van der Waals surface area contributed by atoms with Crippen LogP contribution in [-0.2, 0) is 11.3 Å². The summed E-state index contributed by atoms with van der Waals surface area (Å²) >= 11 is 0. The molecular weight excluding hydrogens is 405 g/mol. The molecule has 23 heavy (non-hydrogen) atoms. The smallest absolute Gasteiger partial charge is 0.191 e. The summed E-state index contributed by atoms with van der Waals surface area (Å²) in [5.74, 6) is 1.36. The van der Waals surface area contributed by atoms with Gasteiger partial charge in [-0.05, 0) is 38.2 Å². The number of hydrogen-bond acceptors (Lipinski definition) is 3. The Labute approximate surface area is 155 Å². The number of nitrogens with zero attached hydrogens (tertiary/aromatic N) is 3. The SMILES string of the molecule is CCNC(=NCC(C)Cn1cccn1)NC1CC2CCC1O2.I. The summed E-state index contributed by atoms with van der Waals surface area (Å²) < 4.78 is 7.87. The van der Waals surface area contributed by atoms with E-state index in [9.17, 15) is 0 Å². The lowest BCUT2D eigenvalue weighted by Gasteiger charge is -2.23. The van der Waals surface area contributed by atoms with Crippen LogP contribution in [0.2, 0.25) is 0 Å². The fourth-order valence-corrected chi connectivity index (χ4v) is 3.32. The molecule has 4 atom stereocenters. The fourth-order valence-electron chi connectivity index (χ4n) is 3.32. The van der Waals surface area contributed by atoms with Crippen LogP contribution in [0.1, 0.15) is 33.1 Å². The molecular formula is C16H28IN5O. The second kappa shape index (κ2) is 8.86. The van der Waals surface area contributed by atoms with Gasteiger partial charge in [0.1, 0.15) is 0 Å². The first kappa shape index (κ1) is 18.5. The van der Waals surface area contributed by atoms with E-state index in [-0.39, 0.29) is 24.0 Å². The van der Waals surface area contributed by atoms with Gasteiger partial charge < -0.3 is 15.4 Å². The maximum atomic E-state index is 5.90. The molecule has 2 saturated heterocycles. The Hall–Kier alpha value is -0.830. The van der Waals surface area contributed by atoms with E-state index >= 15 is 0 Å². The van der Waals surface area contributed by atoms with Gasteiger partial charge in [0.15, 0.2) is 5.96 Å². The highest BCUT2D eigenvalue weighted by atomic mass is 127. The van der Waals surface area contributed by atoms with Gasteiger partial charge in [0.25, 0.3) is 0 Å². The molecule has 2 bridgehead atoms. The highest BCUT2D eigenvalue weighted by Gasteiger charge is 2.41. The van der Waals surface area contributed by atoms with Crippen LogP contribution < -0.4 is 10.6 Å². The zero-order valence-corrected chi connectivity index (χ0v) is 16.3. The number of ether oxygens (including phenoxy) is 1. The summed E-state index contributed by atoms with van der Waals surface area (Å²) in [7, 11) is 0. The summed E-state index contributed by atoms with van der Waals surface area (Å²) in [5, 5.41) is 11.1. The fraction of sp³-hybridized carbons (Fsp3) is 0.750. The Kier molecular flexibility index (Phi) is 7.13. The Morgan fingerprint density at radius 2 is 2.35 bits per heavy atom. The Morgan fingerprint density at radius 3 is 2.96 bits per heavy atom. The van der Waals surface area contributed by atoms with Crippen molar-refractivity contribution in [3.05, 3.63) is 18.5 Å². The number of rotatable bonds is 6. The normalized spacial score (nSPS) is 27.6. The molecule has 3 heterocycles. The average molecular weight is 433 g/mol. The van der Waals surface area contributed by atoms with Crippen LogP contribution in [0.5, 0.6) is 0 Å². The van der Waals surface area contributed by atoms with Crippen LogP contribution in [0, 0.1) is 5.92 Å². The molecule has 0 radical (unpaired) electrons. The second-order valence-electron chi connectivity index (χ2n) is 6.41. The van der Waals surface area contributed by atoms with E-state index in [0.717, 1.165) is 32.0 Å². The van der Waals surface area contributed by atoms with Crippen molar-refractivity contribution in [1.82, 2.24) is 20.4 Å². The van der Waals surface area contributed by atoms with Crippen molar-refractivity contribution < 1.29 is 4.74 Å². The molecule has 2 N–H and O–H groups in total. The van der Waals surface area contributed by atoms with Crippen LogP contribution in [0.4, 0.5) is 0 Å². The number of fused-ring (bicyclic) bond motifs is 2. The number of hydrogen-bond donors (Lipinski definition) is 2. The molecule has 0 saturated carbocycles. The van der Waals surface area contributed by atoms with Crippen molar-refractivity contribution in [2.45, 2.75) is 57.9 Å². The number of nitrogens with one attached hydrogen (secondary N) is 2. The van der Waals surface area contributed by atoms with Crippen molar-refractivity contribution >= 4 is 29.9 Å². The zero-order valence-electron chi connectivity index (χ0n) is 13.9. The first-order chi connectivity index (χ1) is 10.7. The van der Waals surface area contributed by atoms with Gasteiger partial charge in [0, 0.05) is 32.0 Å². The average Bonchev–Trinajstić information content (AvgIpc) is 3.22.